The van der Waals surface area contributed by atoms with E-state index < -0.39 is 5.97 Å². The van der Waals surface area contributed by atoms with Crippen molar-refractivity contribution in [1.29, 1.82) is 0 Å². The van der Waals surface area contributed by atoms with Crippen LogP contribution in [-0.4, -0.2) is 43.4 Å². The quantitative estimate of drug-likeness (QED) is 0.906. The van der Waals surface area contributed by atoms with Crippen molar-refractivity contribution < 1.29 is 9.90 Å². The molecule has 1 fully saturated rings. The van der Waals surface area contributed by atoms with Crippen molar-refractivity contribution in [2.45, 2.75) is 31.7 Å². The molecule has 1 atom stereocenters. The van der Waals surface area contributed by atoms with Gasteiger partial charge in [-0.2, -0.15) is 5.10 Å². The number of aryl methyl sites for hydroxylation is 1. The standard InChI is InChI=1S/C13H17N5O2/c1-17-12-10(7-16-17)13(15-8-14-12)18-5-3-2-4-9(18)6-11(19)20/h7-9H,2-6H2,1H3,(H,19,20). The zero-order valence-corrected chi connectivity index (χ0v) is 11.4. The molecule has 1 saturated heterocycles. The Bertz CT molecular complexity index is 639. The van der Waals surface area contributed by atoms with Gasteiger partial charge < -0.3 is 10.0 Å². The van der Waals surface area contributed by atoms with Gasteiger partial charge in [0.2, 0.25) is 0 Å². The Kier molecular flexibility index (Phi) is 3.25. The molecule has 7 heteroatoms. The van der Waals surface area contributed by atoms with E-state index in [1.807, 2.05) is 7.05 Å². The van der Waals surface area contributed by atoms with Crippen LogP contribution in [0, 0.1) is 0 Å². The molecule has 20 heavy (non-hydrogen) atoms. The maximum atomic E-state index is 11.0. The highest BCUT2D eigenvalue weighted by Crippen LogP contribution is 2.29. The lowest BCUT2D eigenvalue weighted by atomic mass is 9.99. The second kappa shape index (κ2) is 5.07. The van der Waals surface area contributed by atoms with Crippen LogP contribution in [0.1, 0.15) is 25.7 Å². The number of piperidine rings is 1. The van der Waals surface area contributed by atoms with E-state index in [0.29, 0.717) is 0 Å². The van der Waals surface area contributed by atoms with Crippen LogP contribution >= 0.6 is 0 Å². The number of anilines is 1. The summed E-state index contributed by atoms with van der Waals surface area (Å²) in [7, 11) is 1.84. The van der Waals surface area contributed by atoms with Crippen molar-refractivity contribution in [3.63, 3.8) is 0 Å². The van der Waals surface area contributed by atoms with Gasteiger partial charge >= 0.3 is 5.97 Å². The number of fused-ring (bicyclic) bond motifs is 1. The van der Waals surface area contributed by atoms with Crippen LogP contribution in [0.25, 0.3) is 11.0 Å². The molecule has 0 aliphatic carbocycles. The third kappa shape index (κ3) is 2.19. The van der Waals surface area contributed by atoms with E-state index in [1.165, 1.54) is 6.33 Å². The number of aromatic nitrogens is 4. The Hall–Kier alpha value is -2.18. The lowest BCUT2D eigenvalue weighted by Gasteiger charge is -2.36. The van der Waals surface area contributed by atoms with Gasteiger partial charge in [0.15, 0.2) is 5.65 Å². The van der Waals surface area contributed by atoms with Crippen LogP contribution in [0.3, 0.4) is 0 Å². The summed E-state index contributed by atoms with van der Waals surface area (Å²) in [5.74, 6) is 0.0347. The second-order valence-corrected chi connectivity index (χ2v) is 5.14. The van der Waals surface area contributed by atoms with Gasteiger partial charge in [-0.3, -0.25) is 9.48 Å². The number of carbonyl (C=O) groups is 1. The molecule has 1 aliphatic heterocycles. The van der Waals surface area contributed by atoms with Gasteiger partial charge in [0.05, 0.1) is 18.0 Å². The van der Waals surface area contributed by atoms with Crippen LogP contribution in [0.5, 0.6) is 0 Å². The zero-order valence-electron chi connectivity index (χ0n) is 11.4. The summed E-state index contributed by atoms with van der Waals surface area (Å²) in [6.45, 7) is 0.832. The molecule has 2 aromatic rings. The highest BCUT2D eigenvalue weighted by molar-refractivity contribution is 5.87. The van der Waals surface area contributed by atoms with Gasteiger partial charge in [-0.1, -0.05) is 0 Å². The monoisotopic (exact) mass is 275 g/mol. The topological polar surface area (TPSA) is 84.1 Å². The highest BCUT2D eigenvalue weighted by Gasteiger charge is 2.27. The molecular weight excluding hydrogens is 258 g/mol. The molecule has 0 amide bonds. The molecule has 0 aromatic carbocycles. The molecule has 0 bridgehead atoms. The van der Waals surface area contributed by atoms with Crippen LogP contribution in [0.15, 0.2) is 12.5 Å². The molecule has 106 valence electrons. The normalized spacial score (nSPS) is 19.4. The summed E-state index contributed by atoms with van der Waals surface area (Å²) in [6.07, 6.45) is 6.42. The minimum absolute atomic E-state index is 0.000411. The van der Waals surface area contributed by atoms with E-state index in [-0.39, 0.29) is 12.5 Å². The molecule has 1 aliphatic rings. The van der Waals surface area contributed by atoms with Gasteiger partial charge in [-0.05, 0) is 19.3 Å². The Morgan fingerprint density at radius 1 is 1.45 bits per heavy atom. The first-order valence-electron chi connectivity index (χ1n) is 6.78. The fraction of sp³-hybridized carbons (Fsp3) is 0.538. The minimum Gasteiger partial charge on any atom is -0.481 e. The highest BCUT2D eigenvalue weighted by atomic mass is 16.4. The van der Waals surface area contributed by atoms with Crippen molar-refractivity contribution in [3.05, 3.63) is 12.5 Å². The predicted octanol–water partition coefficient (Wildman–Crippen LogP) is 1.20. The fourth-order valence-corrected chi connectivity index (χ4v) is 2.87. The number of nitrogens with zero attached hydrogens (tertiary/aromatic N) is 5. The van der Waals surface area contributed by atoms with Crippen LogP contribution in [0.4, 0.5) is 5.82 Å². The molecule has 1 unspecified atom stereocenters. The molecule has 7 nitrogen and oxygen atoms in total. The van der Waals surface area contributed by atoms with Gasteiger partial charge in [0.1, 0.15) is 12.1 Å². The maximum absolute atomic E-state index is 11.0. The Morgan fingerprint density at radius 3 is 3.10 bits per heavy atom. The molecule has 3 heterocycles. The van der Waals surface area contributed by atoms with Crippen molar-refractivity contribution in [2.24, 2.45) is 7.05 Å². The predicted molar refractivity (Wildman–Crippen MR) is 73.5 cm³/mol. The van der Waals surface area contributed by atoms with Crippen LogP contribution in [0.2, 0.25) is 0 Å². The van der Waals surface area contributed by atoms with E-state index in [0.717, 1.165) is 42.7 Å². The van der Waals surface area contributed by atoms with Crippen LogP contribution < -0.4 is 4.90 Å². The molecule has 0 radical (unpaired) electrons. The van der Waals surface area contributed by atoms with E-state index >= 15 is 0 Å². The van der Waals surface area contributed by atoms with E-state index in [1.54, 1.807) is 10.9 Å². The largest absolute Gasteiger partial charge is 0.481 e. The number of carboxylic acids is 1. The van der Waals surface area contributed by atoms with Gasteiger partial charge in [0, 0.05) is 19.6 Å². The second-order valence-electron chi connectivity index (χ2n) is 5.14. The third-order valence-electron chi connectivity index (χ3n) is 3.82. The SMILES string of the molecule is Cn1ncc2c(N3CCCCC3CC(=O)O)ncnc21. The van der Waals surface area contributed by atoms with Crippen molar-refractivity contribution in [1.82, 2.24) is 19.7 Å². The molecular formula is C13H17N5O2. The summed E-state index contributed by atoms with van der Waals surface area (Å²) >= 11 is 0. The van der Waals surface area contributed by atoms with Gasteiger partial charge in [-0.25, -0.2) is 9.97 Å². The molecule has 0 spiro atoms. The summed E-state index contributed by atoms with van der Waals surface area (Å²) in [6, 6.07) is -0.000411. The molecule has 1 N–H and O–H groups in total. The summed E-state index contributed by atoms with van der Waals surface area (Å²) < 4.78 is 1.71. The summed E-state index contributed by atoms with van der Waals surface area (Å²) in [5.41, 5.74) is 0.773. The average Bonchev–Trinajstić information content (AvgIpc) is 2.81. The fourth-order valence-electron chi connectivity index (χ4n) is 2.87. The van der Waals surface area contributed by atoms with Gasteiger partial charge in [-0.15, -0.1) is 0 Å². The van der Waals surface area contributed by atoms with E-state index in [9.17, 15) is 4.79 Å². The lowest BCUT2D eigenvalue weighted by molar-refractivity contribution is -0.137. The van der Waals surface area contributed by atoms with Crippen molar-refractivity contribution in [3.8, 4) is 0 Å². The van der Waals surface area contributed by atoms with Crippen molar-refractivity contribution >= 4 is 22.8 Å². The van der Waals surface area contributed by atoms with E-state index in [4.69, 9.17) is 5.11 Å². The molecule has 0 saturated carbocycles. The number of hydrogen-bond acceptors (Lipinski definition) is 5. The van der Waals surface area contributed by atoms with Crippen molar-refractivity contribution in [2.75, 3.05) is 11.4 Å². The smallest absolute Gasteiger partial charge is 0.305 e. The number of carboxylic acid groups (broad SMARTS) is 1. The molecule has 2 aromatic heterocycles. The average molecular weight is 275 g/mol. The Labute approximate surface area is 116 Å². The third-order valence-corrected chi connectivity index (χ3v) is 3.82. The lowest BCUT2D eigenvalue weighted by Crippen LogP contribution is -2.41. The molecule has 3 rings (SSSR count). The minimum atomic E-state index is -0.765. The number of rotatable bonds is 3. The van der Waals surface area contributed by atoms with Crippen LogP contribution in [-0.2, 0) is 11.8 Å². The number of hydrogen-bond donors (Lipinski definition) is 1. The number of aliphatic carboxylic acids is 1. The first-order valence-corrected chi connectivity index (χ1v) is 6.78. The Morgan fingerprint density at radius 2 is 2.30 bits per heavy atom. The first-order chi connectivity index (χ1) is 9.66. The summed E-state index contributed by atoms with van der Waals surface area (Å²) in [5, 5.41) is 14.2. The van der Waals surface area contributed by atoms with E-state index in [2.05, 4.69) is 20.0 Å². The Balaban J connectivity index is 2.01. The maximum Gasteiger partial charge on any atom is 0.305 e. The summed E-state index contributed by atoms with van der Waals surface area (Å²) in [4.78, 5) is 21.7. The zero-order chi connectivity index (χ0) is 14.1. The first kappa shape index (κ1) is 12.8. The van der Waals surface area contributed by atoms with Gasteiger partial charge in [0.25, 0.3) is 0 Å².